The molecular weight excluding hydrogens is 512 g/mol. The van der Waals surface area contributed by atoms with E-state index in [2.05, 4.69) is 5.32 Å². The Bertz CT molecular complexity index is 1230. The zero-order valence-corrected chi connectivity index (χ0v) is 24.5. The van der Waals surface area contributed by atoms with Gasteiger partial charge < -0.3 is 19.7 Å². The lowest BCUT2D eigenvalue weighted by Gasteiger charge is -2.33. The summed E-state index contributed by atoms with van der Waals surface area (Å²) < 4.78 is 11.5. The number of nitrogens with zero attached hydrogens (tertiary/aromatic N) is 1. The molecule has 2 amide bonds. The van der Waals surface area contributed by atoms with Gasteiger partial charge >= 0.3 is 0 Å². The number of aryl methyl sites for hydroxylation is 1. The Labute approximate surface area is 245 Å². The lowest BCUT2D eigenvalue weighted by atomic mass is 9.94. The predicted octanol–water partition coefficient (Wildman–Crippen LogP) is 6.51. The van der Waals surface area contributed by atoms with E-state index in [0.29, 0.717) is 44.1 Å². The van der Waals surface area contributed by atoms with E-state index in [1.54, 1.807) is 4.90 Å². The molecule has 1 fully saturated rings. The van der Waals surface area contributed by atoms with Crippen LogP contribution in [-0.2, 0) is 29.0 Å². The van der Waals surface area contributed by atoms with E-state index in [1.165, 1.54) is 6.42 Å². The van der Waals surface area contributed by atoms with Crippen molar-refractivity contribution in [1.82, 2.24) is 10.2 Å². The first-order valence-electron chi connectivity index (χ1n) is 15.1. The number of benzene rings is 3. The summed E-state index contributed by atoms with van der Waals surface area (Å²) in [5.74, 6) is 1.29. The molecule has 0 saturated heterocycles. The molecule has 0 bridgehead atoms. The summed E-state index contributed by atoms with van der Waals surface area (Å²) in [6.07, 6.45) is 6.77. The highest BCUT2D eigenvalue weighted by molar-refractivity contribution is 5.88. The SMILES string of the molecule is CCOc1ccc(CCC(=O)N(Cc2ccccc2)C(Cc2ccccc2)C(=O)NC2CCCCC2)cc1OCC. The topological polar surface area (TPSA) is 67.9 Å². The van der Waals surface area contributed by atoms with Crippen molar-refractivity contribution in [2.75, 3.05) is 13.2 Å². The van der Waals surface area contributed by atoms with Gasteiger partial charge in [-0.05, 0) is 61.9 Å². The molecule has 6 nitrogen and oxygen atoms in total. The molecule has 0 aliphatic heterocycles. The number of hydrogen-bond acceptors (Lipinski definition) is 4. The van der Waals surface area contributed by atoms with E-state index >= 15 is 0 Å². The largest absolute Gasteiger partial charge is 0.490 e. The Morgan fingerprint density at radius 2 is 1.44 bits per heavy atom. The fraction of sp³-hybridized carbons (Fsp3) is 0.429. The number of rotatable bonds is 14. The van der Waals surface area contributed by atoms with Crippen molar-refractivity contribution in [3.05, 3.63) is 95.6 Å². The first-order valence-corrected chi connectivity index (χ1v) is 15.1. The standard InChI is InChI=1S/C35H44N2O4/c1-3-40-32-22-20-28(25-33(32)41-4-2)21-23-34(38)37(26-29-16-10-6-11-17-29)31(24-27-14-8-5-9-15-27)35(39)36-30-18-12-7-13-19-30/h5-6,8-11,14-17,20,22,25,30-31H,3-4,7,12-13,18-19,21,23-24,26H2,1-2H3,(H,36,39). The first kappa shape index (κ1) is 30.2. The van der Waals surface area contributed by atoms with Crippen LogP contribution < -0.4 is 14.8 Å². The minimum absolute atomic E-state index is 0.0413. The summed E-state index contributed by atoms with van der Waals surface area (Å²) in [6, 6.07) is 25.4. The molecule has 0 aromatic heterocycles. The second kappa shape index (κ2) is 15.8. The van der Waals surface area contributed by atoms with Gasteiger partial charge in [-0.3, -0.25) is 9.59 Å². The number of carbonyl (C=O) groups is 2. The highest BCUT2D eigenvalue weighted by atomic mass is 16.5. The van der Waals surface area contributed by atoms with Gasteiger partial charge in [0, 0.05) is 25.4 Å². The van der Waals surface area contributed by atoms with Crippen molar-refractivity contribution >= 4 is 11.8 Å². The Balaban J connectivity index is 1.58. The Morgan fingerprint density at radius 1 is 0.805 bits per heavy atom. The number of ether oxygens (including phenoxy) is 2. The van der Waals surface area contributed by atoms with Crippen molar-refractivity contribution in [2.45, 2.75) is 83.8 Å². The van der Waals surface area contributed by atoms with Crippen LogP contribution >= 0.6 is 0 Å². The van der Waals surface area contributed by atoms with Gasteiger partial charge in [-0.2, -0.15) is 0 Å². The second-order valence-electron chi connectivity index (χ2n) is 10.7. The Kier molecular flexibility index (Phi) is 11.7. The van der Waals surface area contributed by atoms with Crippen LogP contribution in [-0.4, -0.2) is 42.0 Å². The van der Waals surface area contributed by atoms with E-state index in [-0.39, 0.29) is 24.3 Å². The van der Waals surface area contributed by atoms with Gasteiger partial charge in [0.05, 0.1) is 13.2 Å². The maximum absolute atomic E-state index is 14.0. The molecule has 41 heavy (non-hydrogen) atoms. The van der Waals surface area contributed by atoms with Gasteiger partial charge in [0.15, 0.2) is 11.5 Å². The fourth-order valence-corrected chi connectivity index (χ4v) is 5.52. The average Bonchev–Trinajstić information content (AvgIpc) is 3.00. The average molecular weight is 557 g/mol. The van der Waals surface area contributed by atoms with Gasteiger partial charge in [-0.1, -0.05) is 86.0 Å². The quantitative estimate of drug-likeness (QED) is 0.246. The van der Waals surface area contributed by atoms with Crippen molar-refractivity contribution in [3.8, 4) is 11.5 Å². The van der Waals surface area contributed by atoms with Crippen LogP contribution in [0.5, 0.6) is 11.5 Å². The summed E-state index contributed by atoms with van der Waals surface area (Å²) in [4.78, 5) is 29.7. The molecule has 218 valence electrons. The minimum atomic E-state index is -0.605. The second-order valence-corrected chi connectivity index (χ2v) is 10.7. The molecule has 1 saturated carbocycles. The molecule has 0 heterocycles. The maximum atomic E-state index is 14.0. The fourth-order valence-electron chi connectivity index (χ4n) is 5.52. The van der Waals surface area contributed by atoms with E-state index in [9.17, 15) is 9.59 Å². The third-order valence-corrected chi connectivity index (χ3v) is 7.65. The summed E-state index contributed by atoms with van der Waals surface area (Å²) >= 11 is 0. The molecule has 3 aromatic rings. The molecule has 1 N–H and O–H groups in total. The maximum Gasteiger partial charge on any atom is 0.243 e. The van der Waals surface area contributed by atoms with E-state index in [4.69, 9.17) is 9.47 Å². The summed E-state index contributed by atoms with van der Waals surface area (Å²) in [5, 5.41) is 3.31. The normalized spacial score (nSPS) is 14.2. The number of carbonyl (C=O) groups excluding carboxylic acids is 2. The number of nitrogens with one attached hydrogen (secondary N) is 1. The lowest BCUT2D eigenvalue weighted by Crippen LogP contribution is -2.52. The zero-order chi connectivity index (χ0) is 28.9. The number of amides is 2. The van der Waals surface area contributed by atoms with Crippen LogP contribution in [0.1, 0.15) is 69.1 Å². The Morgan fingerprint density at radius 3 is 2.10 bits per heavy atom. The van der Waals surface area contributed by atoms with Crippen LogP contribution in [0.3, 0.4) is 0 Å². The van der Waals surface area contributed by atoms with Crippen molar-refractivity contribution in [1.29, 1.82) is 0 Å². The lowest BCUT2D eigenvalue weighted by molar-refractivity contribution is -0.141. The molecule has 1 aliphatic carbocycles. The molecular formula is C35H44N2O4. The molecule has 1 aliphatic rings. The molecule has 1 unspecified atom stereocenters. The van der Waals surface area contributed by atoms with Gasteiger partial charge in [0.25, 0.3) is 0 Å². The van der Waals surface area contributed by atoms with Gasteiger partial charge in [-0.25, -0.2) is 0 Å². The van der Waals surface area contributed by atoms with Gasteiger partial charge in [0.1, 0.15) is 6.04 Å². The van der Waals surface area contributed by atoms with Crippen molar-refractivity contribution in [3.63, 3.8) is 0 Å². The van der Waals surface area contributed by atoms with E-state index in [1.807, 2.05) is 92.7 Å². The molecule has 6 heteroatoms. The zero-order valence-electron chi connectivity index (χ0n) is 24.5. The molecule has 0 spiro atoms. The van der Waals surface area contributed by atoms with Crippen LogP contribution in [0.2, 0.25) is 0 Å². The highest BCUT2D eigenvalue weighted by Crippen LogP contribution is 2.29. The van der Waals surface area contributed by atoms with Crippen LogP contribution in [0, 0.1) is 0 Å². The van der Waals surface area contributed by atoms with E-state index in [0.717, 1.165) is 42.4 Å². The van der Waals surface area contributed by atoms with Gasteiger partial charge in [-0.15, -0.1) is 0 Å². The monoisotopic (exact) mass is 556 g/mol. The summed E-state index contributed by atoms with van der Waals surface area (Å²) in [6.45, 7) is 5.35. The molecule has 1 atom stereocenters. The number of hydrogen-bond donors (Lipinski definition) is 1. The molecule has 0 radical (unpaired) electrons. The van der Waals surface area contributed by atoms with Crippen LogP contribution in [0.4, 0.5) is 0 Å². The van der Waals surface area contributed by atoms with E-state index < -0.39 is 6.04 Å². The predicted molar refractivity (Wildman–Crippen MR) is 163 cm³/mol. The molecule has 4 rings (SSSR count). The summed E-state index contributed by atoms with van der Waals surface area (Å²) in [5.41, 5.74) is 3.04. The van der Waals surface area contributed by atoms with Gasteiger partial charge in [0.2, 0.25) is 11.8 Å². The highest BCUT2D eigenvalue weighted by Gasteiger charge is 2.31. The van der Waals surface area contributed by atoms with Crippen LogP contribution in [0.25, 0.3) is 0 Å². The third-order valence-electron chi connectivity index (χ3n) is 7.65. The first-order chi connectivity index (χ1) is 20.1. The van der Waals surface area contributed by atoms with Crippen molar-refractivity contribution < 1.29 is 19.1 Å². The third kappa shape index (κ3) is 9.10. The van der Waals surface area contributed by atoms with Crippen LogP contribution in [0.15, 0.2) is 78.9 Å². The smallest absolute Gasteiger partial charge is 0.243 e. The summed E-state index contributed by atoms with van der Waals surface area (Å²) in [7, 11) is 0. The minimum Gasteiger partial charge on any atom is -0.490 e. The van der Waals surface area contributed by atoms with Crippen molar-refractivity contribution in [2.24, 2.45) is 0 Å². The Hall–Kier alpha value is -3.80. The molecule has 3 aromatic carbocycles.